The minimum Gasteiger partial charge on any atom is -0.360 e. The van der Waals surface area contributed by atoms with Crippen molar-refractivity contribution in [3.63, 3.8) is 0 Å². The summed E-state index contributed by atoms with van der Waals surface area (Å²) in [6, 6.07) is 5.33. The average Bonchev–Trinajstić information content (AvgIpc) is 3.20. The first-order chi connectivity index (χ1) is 15.6. The number of rotatable bonds is 5. The number of aromatic nitrogens is 1. The van der Waals surface area contributed by atoms with Crippen LogP contribution in [0.15, 0.2) is 27.6 Å². The first kappa shape index (κ1) is 23.9. The van der Waals surface area contributed by atoms with Crippen molar-refractivity contribution >= 4 is 15.9 Å². The van der Waals surface area contributed by atoms with E-state index in [0.717, 1.165) is 48.5 Å². The highest BCUT2D eigenvalue weighted by Gasteiger charge is 2.31. The Bertz CT molecular complexity index is 1110. The zero-order valence-electron chi connectivity index (χ0n) is 20.0. The van der Waals surface area contributed by atoms with Gasteiger partial charge in [-0.3, -0.25) is 9.69 Å². The van der Waals surface area contributed by atoms with Gasteiger partial charge in [-0.1, -0.05) is 12.1 Å². The minimum absolute atomic E-state index is 0.114. The molecular formula is C24H34N4O4S. The smallest absolute Gasteiger partial charge is 0.253 e. The molecule has 8 nitrogen and oxygen atoms in total. The van der Waals surface area contributed by atoms with E-state index in [-0.39, 0.29) is 10.8 Å². The lowest BCUT2D eigenvalue weighted by Crippen LogP contribution is -2.48. The topological polar surface area (TPSA) is 87.0 Å². The van der Waals surface area contributed by atoms with Crippen LogP contribution < -0.4 is 0 Å². The predicted octanol–water partition coefficient (Wildman–Crippen LogP) is 2.98. The lowest BCUT2D eigenvalue weighted by atomic mass is 10.0. The van der Waals surface area contributed by atoms with Gasteiger partial charge in [0.25, 0.3) is 5.91 Å². The van der Waals surface area contributed by atoms with Gasteiger partial charge >= 0.3 is 0 Å². The van der Waals surface area contributed by atoms with E-state index in [9.17, 15) is 13.2 Å². The number of carbonyl (C=O) groups is 1. The van der Waals surface area contributed by atoms with Gasteiger partial charge in [0.15, 0.2) is 5.76 Å². The Morgan fingerprint density at radius 1 is 1.03 bits per heavy atom. The average molecular weight is 475 g/mol. The second kappa shape index (κ2) is 9.56. The number of hydrogen-bond acceptors (Lipinski definition) is 6. The van der Waals surface area contributed by atoms with E-state index in [1.54, 1.807) is 10.4 Å². The van der Waals surface area contributed by atoms with Crippen LogP contribution in [-0.2, 0) is 16.6 Å². The van der Waals surface area contributed by atoms with Crippen LogP contribution in [-0.4, -0.2) is 72.9 Å². The second-order valence-electron chi connectivity index (χ2n) is 9.51. The van der Waals surface area contributed by atoms with Crippen LogP contribution in [0.25, 0.3) is 0 Å². The number of carbonyl (C=O) groups excluding carboxylic acids is 1. The van der Waals surface area contributed by atoms with E-state index in [1.165, 1.54) is 0 Å². The van der Waals surface area contributed by atoms with Gasteiger partial charge in [0.05, 0.1) is 17.1 Å². The maximum absolute atomic E-state index is 13.4. The third-order valence-electron chi connectivity index (χ3n) is 6.94. The number of aryl methyl sites for hydroxylation is 2. The number of piperidine rings is 1. The molecule has 0 radical (unpaired) electrons. The summed E-state index contributed by atoms with van der Waals surface area (Å²) in [5, 5.41) is 3.93. The Labute approximate surface area is 196 Å². The molecule has 2 aliphatic heterocycles. The molecule has 2 aliphatic rings. The third kappa shape index (κ3) is 5.15. The number of nitrogens with zero attached hydrogens (tertiary/aromatic N) is 4. The fraction of sp³-hybridized carbons (Fsp3) is 0.583. The van der Waals surface area contributed by atoms with Crippen LogP contribution in [0.3, 0.4) is 0 Å². The summed E-state index contributed by atoms with van der Waals surface area (Å²) in [6.07, 6.45) is 1.74. The van der Waals surface area contributed by atoms with Gasteiger partial charge in [-0.15, -0.1) is 0 Å². The summed E-state index contributed by atoms with van der Waals surface area (Å²) >= 11 is 0. The number of hydrogen-bond donors (Lipinski definition) is 0. The number of piperazine rings is 1. The van der Waals surface area contributed by atoms with Gasteiger partial charge in [0, 0.05) is 50.9 Å². The fourth-order valence-electron chi connectivity index (χ4n) is 4.59. The largest absolute Gasteiger partial charge is 0.360 e. The first-order valence-corrected chi connectivity index (χ1v) is 13.1. The molecule has 0 bridgehead atoms. The van der Waals surface area contributed by atoms with Crippen LogP contribution in [0, 0.1) is 26.7 Å². The molecule has 0 saturated carbocycles. The monoisotopic (exact) mass is 474 g/mol. The minimum atomic E-state index is -3.63. The highest BCUT2D eigenvalue weighted by atomic mass is 32.2. The molecule has 0 spiro atoms. The number of sulfonamides is 1. The fourth-order valence-corrected chi connectivity index (χ4v) is 6.38. The molecule has 0 atom stereocenters. The lowest BCUT2D eigenvalue weighted by molar-refractivity contribution is 0.0617. The lowest BCUT2D eigenvalue weighted by Gasteiger charge is -2.34. The molecule has 2 aromatic rings. The summed E-state index contributed by atoms with van der Waals surface area (Å²) in [4.78, 5) is 17.6. The second-order valence-corrected chi connectivity index (χ2v) is 11.4. The SMILES string of the molecule is Cc1cc(CN2CCN(C(=O)c3cc(C)c(C)c(S(=O)(=O)N4CCC(C)CC4)c3)CC2)on1. The Balaban J connectivity index is 1.48. The van der Waals surface area contributed by atoms with E-state index >= 15 is 0 Å². The van der Waals surface area contributed by atoms with E-state index in [2.05, 4.69) is 17.0 Å². The van der Waals surface area contributed by atoms with Crippen LogP contribution in [0.5, 0.6) is 0 Å². The van der Waals surface area contributed by atoms with Crippen molar-refractivity contribution in [3.8, 4) is 0 Å². The summed E-state index contributed by atoms with van der Waals surface area (Å²) in [7, 11) is -3.63. The molecule has 180 valence electrons. The quantitative estimate of drug-likeness (QED) is 0.662. The van der Waals surface area contributed by atoms with Gasteiger partial charge in [-0.2, -0.15) is 4.31 Å². The molecular weight excluding hydrogens is 440 g/mol. The van der Waals surface area contributed by atoms with Crippen LogP contribution in [0.2, 0.25) is 0 Å². The van der Waals surface area contributed by atoms with Gasteiger partial charge in [-0.05, 0) is 62.8 Å². The standard InChI is InChI=1S/C24H34N4O4S/c1-17-5-7-28(8-6-17)33(30,31)23-15-21(13-18(2)20(23)4)24(29)27-11-9-26(10-12-27)16-22-14-19(3)25-32-22/h13-15,17H,5-12,16H2,1-4H3. The summed E-state index contributed by atoms with van der Waals surface area (Å²) < 4.78 is 33.7. The summed E-state index contributed by atoms with van der Waals surface area (Å²) in [6.45, 7) is 12.1. The van der Waals surface area contributed by atoms with E-state index < -0.39 is 10.0 Å². The molecule has 3 heterocycles. The molecule has 0 unspecified atom stereocenters. The maximum atomic E-state index is 13.4. The normalized spacial score (nSPS) is 19.2. The zero-order valence-corrected chi connectivity index (χ0v) is 20.8. The van der Waals surface area contributed by atoms with Crippen molar-refractivity contribution in [2.45, 2.75) is 52.0 Å². The van der Waals surface area contributed by atoms with Crippen LogP contribution >= 0.6 is 0 Å². The van der Waals surface area contributed by atoms with Gasteiger partial charge < -0.3 is 9.42 Å². The van der Waals surface area contributed by atoms with Crippen molar-refractivity contribution in [1.82, 2.24) is 19.3 Å². The highest BCUT2D eigenvalue weighted by molar-refractivity contribution is 7.89. The molecule has 0 N–H and O–H groups in total. The van der Waals surface area contributed by atoms with Crippen molar-refractivity contribution in [1.29, 1.82) is 0 Å². The van der Waals surface area contributed by atoms with Crippen molar-refractivity contribution in [2.24, 2.45) is 5.92 Å². The summed E-state index contributed by atoms with van der Waals surface area (Å²) in [5.41, 5.74) is 2.85. The van der Waals surface area contributed by atoms with Gasteiger partial charge in [0.1, 0.15) is 0 Å². The van der Waals surface area contributed by atoms with E-state index in [4.69, 9.17) is 4.52 Å². The maximum Gasteiger partial charge on any atom is 0.253 e. The van der Waals surface area contributed by atoms with Gasteiger partial charge in [0.2, 0.25) is 10.0 Å². The van der Waals surface area contributed by atoms with Crippen molar-refractivity contribution in [3.05, 3.63) is 46.3 Å². The molecule has 1 amide bonds. The molecule has 2 fully saturated rings. The molecule has 1 aromatic carbocycles. The third-order valence-corrected chi connectivity index (χ3v) is 8.97. The Morgan fingerprint density at radius 2 is 1.70 bits per heavy atom. The Hall–Kier alpha value is -2.23. The highest BCUT2D eigenvalue weighted by Crippen LogP contribution is 2.28. The molecule has 0 aliphatic carbocycles. The Kier molecular flexibility index (Phi) is 6.93. The summed E-state index contributed by atoms with van der Waals surface area (Å²) in [5.74, 6) is 1.25. The Morgan fingerprint density at radius 3 is 2.30 bits per heavy atom. The van der Waals surface area contributed by atoms with Crippen LogP contribution in [0.4, 0.5) is 0 Å². The predicted molar refractivity (Wildman–Crippen MR) is 125 cm³/mol. The molecule has 2 saturated heterocycles. The van der Waals surface area contributed by atoms with Crippen molar-refractivity contribution in [2.75, 3.05) is 39.3 Å². The molecule has 1 aromatic heterocycles. The van der Waals surface area contributed by atoms with Crippen molar-refractivity contribution < 1.29 is 17.7 Å². The molecule has 4 rings (SSSR count). The number of benzene rings is 1. The van der Waals surface area contributed by atoms with Crippen LogP contribution in [0.1, 0.15) is 52.7 Å². The zero-order chi connectivity index (χ0) is 23.8. The number of amides is 1. The first-order valence-electron chi connectivity index (χ1n) is 11.7. The molecule has 9 heteroatoms. The van der Waals surface area contributed by atoms with Gasteiger partial charge in [-0.25, -0.2) is 8.42 Å². The van der Waals surface area contributed by atoms with E-state index in [1.807, 2.05) is 37.8 Å². The van der Waals surface area contributed by atoms with E-state index in [0.29, 0.717) is 44.2 Å². The molecule has 33 heavy (non-hydrogen) atoms.